The first-order valence-electron chi connectivity index (χ1n) is 6.97. The Kier molecular flexibility index (Phi) is 4.02. The van der Waals surface area contributed by atoms with Gasteiger partial charge in [0.2, 0.25) is 5.95 Å². The Hall–Kier alpha value is -2.81. The van der Waals surface area contributed by atoms with Crippen molar-refractivity contribution < 1.29 is 13.9 Å². The molecule has 1 aliphatic rings. The minimum absolute atomic E-state index is 0.153. The monoisotopic (exact) mass is 318 g/mol. The Morgan fingerprint density at radius 1 is 1.57 bits per heavy atom. The summed E-state index contributed by atoms with van der Waals surface area (Å²) in [6.07, 6.45) is 3.27. The lowest BCUT2D eigenvalue weighted by Gasteiger charge is -2.23. The van der Waals surface area contributed by atoms with Crippen LogP contribution in [0.2, 0.25) is 0 Å². The van der Waals surface area contributed by atoms with E-state index in [2.05, 4.69) is 15.4 Å². The molecule has 1 unspecified atom stereocenters. The summed E-state index contributed by atoms with van der Waals surface area (Å²) in [6, 6.07) is 2.33. The number of nitrogens with two attached hydrogens (primary N) is 1. The second-order valence-electron chi connectivity index (χ2n) is 5.09. The molecule has 1 saturated heterocycles. The molecule has 1 aliphatic heterocycles. The quantitative estimate of drug-likeness (QED) is 0.733. The van der Waals surface area contributed by atoms with Crippen LogP contribution in [0, 0.1) is 11.4 Å². The Balaban J connectivity index is 1.92. The van der Waals surface area contributed by atoms with Crippen molar-refractivity contribution in [3.05, 3.63) is 36.0 Å². The molecule has 2 aromatic rings. The summed E-state index contributed by atoms with van der Waals surface area (Å²) in [5.41, 5.74) is 6.38. The van der Waals surface area contributed by atoms with Crippen LogP contribution in [-0.2, 0) is 4.74 Å². The average Bonchev–Trinajstić information content (AvgIpc) is 2.91. The van der Waals surface area contributed by atoms with E-state index in [4.69, 9.17) is 15.9 Å². The number of nitrogens with one attached hydrogen (secondary N) is 2. The van der Waals surface area contributed by atoms with Crippen LogP contribution in [0.5, 0.6) is 0 Å². The predicted octanol–water partition coefficient (Wildman–Crippen LogP) is 1.24. The van der Waals surface area contributed by atoms with Gasteiger partial charge in [-0.05, 0) is 6.07 Å². The highest BCUT2D eigenvalue weighted by Crippen LogP contribution is 2.23. The van der Waals surface area contributed by atoms with Crippen molar-refractivity contribution in [3.63, 3.8) is 0 Å². The largest absolute Gasteiger partial charge is 0.378 e. The smallest absolute Gasteiger partial charge is 0.254 e. The number of halogens is 1. The fraction of sp³-hybridized carbons (Fsp3) is 0.286. The minimum Gasteiger partial charge on any atom is -0.378 e. The molecule has 120 valence electrons. The Labute approximate surface area is 131 Å². The summed E-state index contributed by atoms with van der Waals surface area (Å²) in [6.45, 7) is 0.808. The van der Waals surface area contributed by atoms with Gasteiger partial charge < -0.3 is 21.2 Å². The molecule has 1 atom stereocenters. The fourth-order valence-corrected chi connectivity index (χ4v) is 2.32. The lowest BCUT2D eigenvalue weighted by molar-refractivity contribution is 0.0996. The highest BCUT2D eigenvalue weighted by atomic mass is 19.1. The third-order valence-electron chi connectivity index (χ3n) is 3.50. The number of anilines is 2. The molecule has 0 bridgehead atoms. The molecule has 0 aliphatic carbocycles. The van der Waals surface area contributed by atoms with Crippen LogP contribution in [0.15, 0.2) is 24.5 Å². The van der Waals surface area contributed by atoms with Crippen molar-refractivity contribution in [3.8, 4) is 0 Å². The number of hydrogen-bond acceptors (Lipinski definition) is 6. The minimum atomic E-state index is -0.670. The van der Waals surface area contributed by atoms with Crippen molar-refractivity contribution in [2.24, 2.45) is 5.73 Å². The number of nitrogens with zero attached hydrogens (tertiary/aromatic N) is 3. The molecule has 1 fully saturated rings. The molecular weight excluding hydrogens is 303 g/mol. The second kappa shape index (κ2) is 6.13. The number of ether oxygens (including phenoxy) is 1. The lowest BCUT2D eigenvalue weighted by atomic mass is 10.1. The topological polar surface area (TPSA) is 119 Å². The van der Waals surface area contributed by atoms with Crippen molar-refractivity contribution in [2.75, 3.05) is 18.5 Å². The highest BCUT2D eigenvalue weighted by molar-refractivity contribution is 5.98. The standard InChI is InChI=1S/C14H15FN6O2/c15-12-5-8(1-3-18-12)19-14-9(13(17)22)6-21(20-14)11-7-23-4-2-10(11)16/h1,3,5-6,11,16H,2,4,7H2,(H2,17,22)(H,18,19,20). The van der Waals surface area contributed by atoms with Gasteiger partial charge in [0.05, 0.1) is 13.2 Å². The summed E-state index contributed by atoms with van der Waals surface area (Å²) in [5, 5.41) is 15.1. The number of aromatic nitrogens is 3. The molecule has 8 nitrogen and oxygen atoms in total. The van der Waals surface area contributed by atoms with Gasteiger partial charge in [-0.1, -0.05) is 0 Å². The first kappa shape index (κ1) is 15.1. The Bertz CT molecular complexity index is 759. The molecule has 1 amide bonds. The summed E-state index contributed by atoms with van der Waals surface area (Å²) in [5.74, 6) is -1.13. The van der Waals surface area contributed by atoms with E-state index in [0.717, 1.165) is 0 Å². The number of pyridine rings is 1. The molecule has 0 saturated carbocycles. The Morgan fingerprint density at radius 2 is 2.39 bits per heavy atom. The summed E-state index contributed by atoms with van der Waals surface area (Å²) >= 11 is 0. The number of carbonyl (C=O) groups is 1. The third-order valence-corrected chi connectivity index (χ3v) is 3.50. The molecule has 3 rings (SSSR count). The van der Waals surface area contributed by atoms with E-state index >= 15 is 0 Å². The summed E-state index contributed by atoms with van der Waals surface area (Å²) in [4.78, 5) is 15.1. The molecule has 0 aromatic carbocycles. The van der Waals surface area contributed by atoms with E-state index in [1.165, 1.54) is 23.1 Å². The van der Waals surface area contributed by atoms with Crippen LogP contribution in [0.3, 0.4) is 0 Å². The van der Waals surface area contributed by atoms with Gasteiger partial charge in [-0.15, -0.1) is 0 Å². The van der Waals surface area contributed by atoms with Crippen LogP contribution in [0.4, 0.5) is 15.9 Å². The van der Waals surface area contributed by atoms with E-state index in [1.54, 1.807) is 6.07 Å². The van der Waals surface area contributed by atoms with E-state index in [9.17, 15) is 9.18 Å². The van der Waals surface area contributed by atoms with Crippen molar-refractivity contribution in [2.45, 2.75) is 12.5 Å². The van der Waals surface area contributed by atoms with Gasteiger partial charge in [0, 0.05) is 36.3 Å². The van der Waals surface area contributed by atoms with Gasteiger partial charge in [-0.3, -0.25) is 9.48 Å². The van der Waals surface area contributed by atoms with E-state index in [0.29, 0.717) is 31.0 Å². The first-order chi connectivity index (χ1) is 11.0. The van der Waals surface area contributed by atoms with Gasteiger partial charge in [-0.25, -0.2) is 4.98 Å². The molecule has 0 spiro atoms. The molecule has 2 aromatic heterocycles. The average molecular weight is 318 g/mol. The molecule has 3 heterocycles. The molecule has 0 radical (unpaired) electrons. The number of amides is 1. The third kappa shape index (κ3) is 3.19. The van der Waals surface area contributed by atoms with E-state index < -0.39 is 11.9 Å². The zero-order valence-electron chi connectivity index (χ0n) is 12.1. The van der Waals surface area contributed by atoms with Crippen LogP contribution in [0.1, 0.15) is 22.8 Å². The highest BCUT2D eigenvalue weighted by Gasteiger charge is 2.25. The van der Waals surface area contributed by atoms with Crippen molar-refractivity contribution in [1.29, 1.82) is 5.41 Å². The summed E-state index contributed by atoms with van der Waals surface area (Å²) < 4.78 is 20.0. The van der Waals surface area contributed by atoms with Gasteiger partial charge in [0.15, 0.2) is 5.82 Å². The maximum absolute atomic E-state index is 13.2. The number of hydrogen-bond donors (Lipinski definition) is 3. The SMILES string of the molecule is N=C1CCOCC1n1cc(C(N)=O)c(Nc2ccnc(F)c2)n1. The van der Waals surface area contributed by atoms with Crippen LogP contribution in [-0.4, -0.2) is 39.6 Å². The zero-order valence-corrected chi connectivity index (χ0v) is 12.1. The van der Waals surface area contributed by atoms with Crippen LogP contribution >= 0.6 is 0 Å². The second-order valence-corrected chi connectivity index (χ2v) is 5.09. The fourth-order valence-electron chi connectivity index (χ4n) is 2.32. The molecule has 9 heteroatoms. The summed E-state index contributed by atoms with van der Waals surface area (Å²) in [7, 11) is 0. The van der Waals surface area contributed by atoms with E-state index in [1.807, 2.05) is 0 Å². The van der Waals surface area contributed by atoms with Gasteiger partial charge in [0.1, 0.15) is 11.6 Å². The zero-order chi connectivity index (χ0) is 16.4. The predicted molar refractivity (Wildman–Crippen MR) is 80.4 cm³/mol. The van der Waals surface area contributed by atoms with Crippen LogP contribution < -0.4 is 11.1 Å². The maximum atomic E-state index is 13.2. The molecule has 4 N–H and O–H groups in total. The number of carbonyl (C=O) groups excluding carboxylic acids is 1. The number of rotatable bonds is 4. The molecular formula is C14H15FN6O2. The first-order valence-corrected chi connectivity index (χ1v) is 6.97. The molecule has 23 heavy (non-hydrogen) atoms. The lowest BCUT2D eigenvalue weighted by Crippen LogP contribution is -2.30. The Morgan fingerprint density at radius 3 is 3.09 bits per heavy atom. The normalized spacial score (nSPS) is 18.0. The van der Waals surface area contributed by atoms with E-state index in [-0.39, 0.29) is 17.4 Å². The van der Waals surface area contributed by atoms with Crippen molar-refractivity contribution >= 4 is 23.1 Å². The van der Waals surface area contributed by atoms with Crippen molar-refractivity contribution in [1.82, 2.24) is 14.8 Å². The van der Waals surface area contributed by atoms with Gasteiger partial charge in [-0.2, -0.15) is 9.49 Å². The van der Waals surface area contributed by atoms with Gasteiger partial charge >= 0.3 is 0 Å². The number of primary amides is 1. The maximum Gasteiger partial charge on any atom is 0.254 e. The van der Waals surface area contributed by atoms with Crippen LogP contribution in [0.25, 0.3) is 0 Å². The van der Waals surface area contributed by atoms with Gasteiger partial charge in [0.25, 0.3) is 5.91 Å².